The average molecular weight is 389 g/mol. The molecule has 9 nitrogen and oxygen atoms in total. The molecule has 3 N–H and O–H groups in total. The van der Waals surface area contributed by atoms with Gasteiger partial charge >= 0.3 is 5.97 Å². The Bertz CT molecular complexity index is 1010. The summed E-state index contributed by atoms with van der Waals surface area (Å²) in [4.78, 5) is 24.9. The first-order valence-corrected chi connectivity index (χ1v) is 8.20. The van der Waals surface area contributed by atoms with E-state index in [9.17, 15) is 14.7 Å². The van der Waals surface area contributed by atoms with Crippen LogP contribution in [0.1, 0.15) is 23.0 Å². The molecule has 0 spiro atoms. The number of esters is 1. The van der Waals surface area contributed by atoms with Crippen molar-refractivity contribution in [1.82, 2.24) is 0 Å². The van der Waals surface area contributed by atoms with Gasteiger partial charge in [-0.15, -0.1) is 0 Å². The lowest BCUT2D eigenvalue weighted by atomic mass is 9.86. The zero-order valence-corrected chi connectivity index (χ0v) is 15.5. The van der Waals surface area contributed by atoms with Crippen molar-refractivity contribution in [1.29, 1.82) is 0 Å². The van der Waals surface area contributed by atoms with Gasteiger partial charge in [-0.3, -0.25) is 4.79 Å². The molecule has 3 rings (SSSR count). The van der Waals surface area contributed by atoms with E-state index in [2.05, 4.69) is 0 Å². The molecule has 28 heavy (non-hydrogen) atoms. The lowest BCUT2D eigenvalue weighted by molar-refractivity contribution is -0.136. The van der Waals surface area contributed by atoms with Crippen LogP contribution in [0.4, 0.5) is 0 Å². The number of methoxy groups -OCH3 is 3. The molecule has 1 aliphatic rings. The third kappa shape index (κ3) is 3.16. The summed E-state index contributed by atoms with van der Waals surface area (Å²) >= 11 is 0. The minimum Gasteiger partial charge on any atom is -0.497 e. The van der Waals surface area contributed by atoms with Gasteiger partial charge in [0.15, 0.2) is 5.76 Å². The summed E-state index contributed by atoms with van der Waals surface area (Å²) in [6, 6.07) is 6.03. The van der Waals surface area contributed by atoms with E-state index in [1.165, 1.54) is 21.3 Å². The maximum absolute atomic E-state index is 12.5. The monoisotopic (exact) mass is 389 g/mol. The molecule has 2 aromatic rings. The van der Waals surface area contributed by atoms with E-state index in [4.69, 9.17) is 29.1 Å². The Morgan fingerprint density at radius 3 is 2.57 bits per heavy atom. The molecule has 0 radical (unpaired) electrons. The summed E-state index contributed by atoms with van der Waals surface area (Å²) in [7, 11) is 4.13. The Kier molecular flexibility index (Phi) is 5.27. The number of carbonyl (C=O) groups is 1. The SMILES string of the molecule is COC(=O)C1=C(N)Oc2c(oc(CO)cc2=O)[C@@H]1c1cc(OC)ccc1OC. The van der Waals surface area contributed by atoms with Crippen LogP contribution in [0.25, 0.3) is 0 Å². The maximum Gasteiger partial charge on any atom is 0.340 e. The van der Waals surface area contributed by atoms with Crippen LogP contribution < -0.4 is 25.4 Å². The fourth-order valence-corrected chi connectivity index (χ4v) is 3.05. The molecule has 0 aliphatic carbocycles. The molecule has 1 aromatic heterocycles. The molecule has 1 aromatic carbocycles. The van der Waals surface area contributed by atoms with Gasteiger partial charge in [0.2, 0.25) is 17.1 Å². The molecule has 2 heterocycles. The van der Waals surface area contributed by atoms with Crippen LogP contribution in [-0.2, 0) is 16.1 Å². The molecule has 0 fully saturated rings. The molecule has 1 aliphatic heterocycles. The van der Waals surface area contributed by atoms with E-state index < -0.39 is 23.9 Å². The average Bonchev–Trinajstić information content (AvgIpc) is 2.72. The largest absolute Gasteiger partial charge is 0.497 e. The van der Waals surface area contributed by atoms with E-state index in [1.54, 1.807) is 18.2 Å². The van der Waals surface area contributed by atoms with Crippen LogP contribution in [0.15, 0.2) is 44.9 Å². The van der Waals surface area contributed by atoms with Crippen molar-refractivity contribution >= 4 is 5.97 Å². The first-order chi connectivity index (χ1) is 13.4. The Hall–Kier alpha value is -3.46. The molecular formula is C19H19NO8. The van der Waals surface area contributed by atoms with Gasteiger partial charge in [0.25, 0.3) is 0 Å². The Morgan fingerprint density at radius 1 is 1.21 bits per heavy atom. The van der Waals surface area contributed by atoms with E-state index in [-0.39, 0.29) is 28.7 Å². The molecule has 0 saturated heterocycles. The molecule has 9 heteroatoms. The Labute approximate surface area is 159 Å². The van der Waals surface area contributed by atoms with Crippen LogP contribution >= 0.6 is 0 Å². The van der Waals surface area contributed by atoms with Crippen molar-refractivity contribution in [3.8, 4) is 17.2 Å². The lowest BCUT2D eigenvalue weighted by Gasteiger charge is -2.27. The maximum atomic E-state index is 12.5. The molecule has 0 unspecified atom stereocenters. The summed E-state index contributed by atoms with van der Waals surface area (Å²) in [6.07, 6.45) is 0. The van der Waals surface area contributed by atoms with E-state index in [0.717, 1.165) is 6.07 Å². The van der Waals surface area contributed by atoms with E-state index in [1.807, 2.05) is 0 Å². The number of aliphatic hydroxyl groups excluding tert-OH is 1. The first-order valence-electron chi connectivity index (χ1n) is 8.20. The molecule has 148 valence electrons. The van der Waals surface area contributed by atoms with Crippen molar-refractivity contribution in [2.75, 3.05) is 21.3 Å². The van der Waals surface area contributed by atoms with E-state index in [0.29, 0.717) is 17.1 Å². The molecule has 0 amide bonds. The number of aliphatic hydroxyl groups is 1. The van der Waals surface area contributed by atoms with Gasteiger partial charge in [-0.2, -0.15) is 0 Å². The molecular weight excluding hydrogens is 370 g/mol. The summed E-state index contributed by atoms with van der Waals surface area (Å²) < 4.78 is 26.6. The fraction of sp³-hybridized carbons (Fsp3) is 0.263. The van der Waals surface area contributed by atoms with Crippen LogP contribution in [0.3, 0.4) is 0 Å². The third-order valence-corrected chi connectivity index (χ3v) is 4.32. The molecule has 0 bridgehead atoms. The minimum atomic E-state index is -0.986. The third-order valence-electron chi connectivity index (χ3n) is 4.32. The van der Waals surface area contributed by atoms with Crippen LogP contribution in [-0.4, -0.2) is 32.4 Å². The van der Waals surface area contributed by atoms with Gasteiger partial charge in [0.1, 0.15) is 29.4 Å². The highest BCUT2D eigenvalue weighted by Crippen LogP contribution is 2.45. The number of nitrogens with two attached hydrogens (primary N) is 1. The minimum absolute atomic E-state index is 0.00213. The smallest absolute Gasteiger partial charge is 0.340 e. The quantitative estimate of drug-likeness (QED) is 0.720. The molecule has 1 atom stereocenters. The van der Waals surface area contributed by atoms with Crippen molar-refractivity contribution in [3.63, 3.8) is 0 Å². The number of ether oxygens (including phenoxy) is 4. The summed E-state index contributed by atoms with van der Waals surface area (Å²) in [5.74, 6) is -1.36. The van der Waals surface area contributed by atoms with Gasteiger partial charge < -0.3 is 34.2 Å². The normalized spacial score (nSPS) is 15.5. The number of hydrogen-bond acceptors (Lipinski definition) is 9. The summed E-state index contributed by atoms with van der Waals surface area (Å²) in [5, 5.41) is 9.43. The predicted octanol–water partition coefficient (Wildman–Crippen LogP) is 1.02. The highest BCUT2D eigenvalue weighted by atomic mass is 16.5. The van der Waals surface area contributed by atoms with Crippen molar-refractivity contribution in [2.24, 2.45) is 5.73 Å². The topological polar surface area (TPSA) is 130 Å². The first kappa shape index (κ1) is 19.3. The zero-order valence-electron chi connectivity index (χ0n) is 15.5. The fourth-order valence-electron chi connectivity index (χ4n) is 3.05. The standard InChI is InChI=1S/C19H19NO8/c1-24-9-4-5-13(25-2)11(6-9)14-15(19(23)26-3)18(20)28-16-12(22)7-10(8-21)27-17(14)16/h4-7,14,21H,8,20H2,1-3H3/t14-/m1/s1. The number of rotatable bonds is 5. The second-order valence-corrected chi connectivity index (χ2v) is 5.84. The highest BCUT2D eigenvalue weighted by molar-refractivity contribution is 5.92. The second kappa shape index (κ2) is 7.65. The summed E-state index contributed by atoms with van der Waals surface area (Å²) in [6.45, 7) is -0.517. The van der Waals surface area contributed by atoms with Crippen molar-refractivity contribution in [2.45, 2.75) is 12.5 Å². The number of hydrogen-bond donors (Lipinski definition) is 2. The second-order valence-electron chi connectivity index (χ2n) is 5.84. The van der Waals surface area contributed by atoms with Crippen molar-refractivity contribution in [3.05, 3.63) is 63.0 Å². The van der Waals surface area contributed by atoms with Gasteiger partial charge in [-0.1, -0.05) is 0 Å². The van der Waals surface area contributed by atoms with Gasteiger partial charge in [0, 0.05) is 11.6 Å². The molecule has 0 saturated carbocycles. The number of fused-ring (bicyclic) bond motifs is 1. The van der Waals surface area contributed by atoms with Gasteiger partial charge in [-0.25, -0.2) is 4.79 Å². The number of benzene rings is 1. The highest BCUT2D eigenvalue weighted by Gasteiger charge is 2.40. The van der Waals surface area contributed by atoms with Gasteiger partial charge in [-0.05, 0) is 18.2 Å². The predicted molar refractivity (Wildman–Crippen MR) is 96.1 cm³/mol. The van der Waals surface area contributed by atoms with Crippen LogP contribution in [0.2, 0.25) is 0 Å². The van der Waals surface area contributed by atoms with Crippen LogP contribution in [0, 0.1) is 0 Å². The zero-order chi connectivity index (χ0) is 20.4. The Morgan fingerprint density at radius 2 is 1.96 bits per heavy atom. The lowest BCUT2D eigenvalue weighted by Crippen LogP contribution is -2.30. The number of carbonyl (C=O) groups excluding carboxylic acids is 1. The Balaban J connectivity index is 2.37. The van der Waals surface area contributed by atoms with Crippen LogP contribution in [0.5, 0.6) is 17.2 Å². The van der Waals surface area contributed by atoms with Gasteiger partial charge in [0.05, 0.1) is 27.2 Å². The van der Waals surface area contributed by atoms with E-state index >= 15 is 0 Å². The van der Waals surface area contributed by atoms with Crippen molar-refractivity contribution < 1.29 is 33.3 Å². The summed E-state index contributed by atoms with van der Waals surface area (Å²) in [5.41, 5.74) is 5.77.